The quantitative estimate of drug-likeness (QED) is 0.666. The van der Waals surface area contributed by atoms with Gasteiger partial charge < -0.3 is 10.1 Å². The minimum atomic E-state index is 0.0374. The van der Waals surface area contributed by atoms with E-state index >= 15 is 0 Å². The number of hydrogen-bond acceptors (Lipinski definition) is 3. The number of amides is 1. The monoisotopic (exact) mass is 257 g/mol. The number of fused-ring (bicyclic) bond motifs is 1. The maximum Gasteiger partial charge on any atom is 0.234 e. The summed E-state index contributed by atoms with van der Waals surface area (Å²) in [4.78, 5) is 12.2. The molecule has 0 saturated heterocycles. The van der Waals surface area contributed by atoms with E-state index in [1.165, 1.54) is 11.8 Å². The van der Waals surface area contributed by atoms with Crippen LogP contribution in [0.25, 0.3) is 0 Å². The number of rotatable bonds is 4. The molecule has 1 aromatic rings. The highest BCUT2D eigenvalue weighted by Gasteiger charge is 2.18. The molecule has 0 atom stereocenters. The Hall–Kier alpha value is -0.870. The molecule has 5 heteroatoms. The highest BCUT2D eigenvalue weighted by atomic mass is 35.5. The summed E-state index contributed by atoms with van der Waals surface area (Å²) in [6.45, 7) is 0.606. The summed E-state index contributed by atoms with van der Waals surface area (Å²) in [6.07, 6.45) is 0.822. The van der Waals surface area contributed by atoms with Crippen molar-refractivity contribution in [2.45, 2.75) is 11.3 Å². The molecule has 1 aliphatic rings. The lowest BCUT2D eigenvalue weighted by Crippen LogP contribution is -2.19. The summed E-state index contributed by atoms with van der Waals surface area (Å²) in [5.74, 6) is 1.91. The number of nitrogens with one attached hydrogen (secondary N) is 1. The number of carbonyl (C=O) groups is 1. The van der Waals surface area contributed by atoms with Crippen molar-refractivity contribution in [1.29, 1.82) is 0 Å². The van der Waals surface area contributed by atoms with Crippen LogP contribution in [0.1, 0.15) is 6.42 Å². The first-order chi connectivity index (χ1) is 7.81. The van der Waals surface area contributed by atoms with Gasteiger partial charge in [-0.15, -0.1) is 23.4 Å². The third kappa shape index (κ3) is 2.62. The van der Waals surface area contributed by atoms with Gasteiger partial charge in [0.1, 0.15) is 5.75 Å². The Morgan fingerprint density at radius 1 is 1.50 bits per heavy atom. The average molecular weight is 258 g/mol. The van der Waals surface area contributed by atoms with Gasteiger partial charge in [-0.2, -0.15) is 0 Å². The number of ether oxygens (including phenoxy) is 1. The van der Waals surface area contributed by atoms with Gasteiger partial charge in [-0.1, -0.05) is 6.07 Å². The van der Waals surface area contributed by atoms with Crippen LogP contribution in [0.4, 0.5) is 5.69 Å². The Morgan fingerprint density at radius 2 is 2.38 bits per heavy atom. The van der Waals surface area contributed by atoms with Gasteiger partial charge in [0.25, 0.3) is 0 Å². The maximum atomic E-state index is 11.2. The number of thioether (sulfide) groups is 1. The van der Waals surface area contributed by atoms with Gasteiger partial charge in [-0.3, -0.25) is 4.79 Å². The van der Waals surface area contributed by atoms with Gasteiger partial charge in [-0.25, -0.2) is 0 Å². The van der Waals surface area contributed by atoms with Gasteiger partial charge in [0, 0.05) is 5.88 Å². The standard InChI is InChI=1S/C11H12ClNO2S/c12-5-2-6-15-9-4-1-3-8-11(9)16-7-10(14)13-8/h1,3-4H,2,5-7H2,(H,13,14). The van der Waals surface area contributed by atoms with E-state index < -0.39 is 0 Å². The van der Waals surface area contributed by atoms with Crippen molar-refractivity contribution in [3.05, 3.63) is 18.2 Å². The topological polar surface area (TPSA) is 38.3 Å². The van der Waals surface area contributed by atoms with Gasteiger partial charge in [0.2, 0.25) is 5.91 Å². The van der Waals surface area contributed by atoms with E-state index in [9.17, 15) is 4.79 Å². The zero-order valence-corrected chi connectivity index (χ0v) is 10.2. The zero-order chi connectivity index (χ0) is 11.4. The fraction of sp³-hybridized carbons (Fsp3) is 0.364. The second-order valence-electron chi connectivity index (χ2n) is 3.36. The van der Waals surface area contributed by atoms with E-state index in [1.54, 1.807) is 0 Å². The number of benzene rings is 1. The van der Waals surface area contributed by atoms with E-state index in [-0.39, 0.29) is 5.91 Å². The Balaban J connectivity index is 2.13. The molecule has 1 heterocycles. The number of hydrogen-bond donors (Lipinski definition) is 1. The first-order valence-electron chi connectivity index (χ1n) is 5.05. The van der Waals surface area contributed by atoms with Crippen LogP contribution in [0.15, 0.2) is 23.1 Å². The van der Waals surface area contributed by atoms with Crippen molar-refractivity contribution >= 4 is 35.0 Å². The summed E-state index contributed by atoms with van der Waals surface area (Å²) in [6, 6.07) is 5.67. The van der Waals surface area contributed by atoms with Gasteiger partial charge >= 0.3 is 0 Å². The molecule has 0 bridgehead atoms. The summed E-state index contributed by atoms with van der Waals surface area (Å²) in [7, 11) is 0. The van der Waals surface area contributed by atoms with Crippen molar-refractivity contribution in [3.63, 3.8) is 0 Å². The molecule has 0 unspecified atom stereocenters. The van der Waals surface area contributed by atoms with E-state index in [0.29, 0.717) is 18.2 Å². The molecule has 0 fully saturated rings. The number of halogens is 1. The van der Waals surface area contributed by atoms with E-state index in [1.807, 2.05) is 18.2 Å². The number of alkyl halides is 1. The SMILES string of the molecule is O=C1CSc2c(cccc2OCCCCl)N1. The van der Waals surface area contributed by atoms with Crippen LogP contribution in [0.5, 0.6) is 5.75 Å². The molecule has 1 aromatic carbocycles. The molecule has 1 N–H and O–H groups in total. The summed E-state index contributed by atoms with van der Waals surface area (Å²) < 4.78 is 5.62. The van der Waals surface area contributed by atoms with Crippen molar-refractivity contribution in [2.24, 2.45) is 0 Å². The maximum absolute atomic E-state index is 11.2. The first kappa shape index (κ1) is 11.6. The Morgan fingerprint density at radius 3 is 3.19 bits per heavy atom. The summed E-state index contributed by atoms with van der Waals surface area (Å²) >= 11 is 7.10. The third-order valence-electron chi connectivity index (χ3n) is 2.14. The Labute approximate surface area is 104 Å². The molecular weight excluding hydrogens is 246 g/mol. The summed E-state index contributed by atoms with van der Waals surface area (Å²) in [5.41, 5.74) is 0.838. The van der Waals surface area contributed by atoms with Crippen LogP contribution in [0, 0.1) is 0 Å². The highest BCUT2D eigenvalue weighted by Crippen LogP contribution is 2.38. The largest absolute Gasteiger partial charge is 0.492 e. The minimum Gasteiger partial charge on any atom is -0.492 e. The summed E-state index contributed by atoms with van der Waals surface area (Å²) in [5, 5.41) is 2.82. The number of anilines is 1. The van der Waals surface area contributed by atoms with Crippen LogP contribution < -0.4 is 10.1 Å². The van der Waals surface area contributed by atoms with Gasteiger partial charge in [0.15, 0.2) is 0 Å². The van der Waals surface area contributed by atoms with Crippen LogP contribution in [-0.2, 0) is 4.79 Å². The smallest absolute Gasteiger partial charge is 0.234 e. The molecule has 0 spiro atoms. The fourth-order valence-electron chi connectivity index (χ4n) is 1.44. The molecule has 3 nitrogen and oxygen atoms in total. The Bertz CT molecular complexity index is 398. The normalized spacial score (nSPS) is 14.2. The van der Waals surface area contributed by atoms with Crippen molar-refractivity contribution in [1.82, 2.24) is 0 Å². The van der Waals surface area contributed by atoms with Crippen LogP contribution >= 0.6 is 23.4 Å². The zero-order valence-electron chi connectivity index (χ0n) is 8.66. The molecule has 1 aliphatic heterocycles. The molecule has 0 aliphatic carbocycles. The molecule has 0 saturated carbocycles. The van der Waals surface area contributed by atoms with Crippen LogP contribution in [-0.4, -0.2) is 24.1 Å². The predicted octanol–water partition coefficient (Wildman–Crippen LogP) is 2.74. The van der Waals surface area contributed by atoms with Crippen molar-refractivity contribution in [2.75, 3.05) is 23.6 Å². The van der Waals surface area contributed by atoms with Crippen molar-refractivity contribution in [3.8, 4) is 5.75 Å². The minimum absolute atomic E-state index is 0.0374. The lowest BCUT2D eigenvalue weighted by Gasteiger charge is -2.19. The third-order valence-corrected chi connectivity index (χ3v) is 3.52. The average Bonchev–Trinajstić information content (AvgIpc) is 2.29. The number of carbonyl (C=O) groups excluding carboxylic acids is 1. The van der Waals surface area contributed by atoms with Crippen LogP contribution in [0.2, 0.25) is 0 Å². The fourth-order valence-corrected chi connectivity index (χ4v) is 2.44. The molecule has 1 amide bonds. The van der Waals surface area contributed by atoms with Crippen molar-refractivity contribution < 1.29 is 9.53 Å². The first-order valence-corrected chi connectivity index (χ1v) is 6.57. The molecule has 0 aromatic heterocycles. The molecule has 0 radical (unpaired) electrons. The van der Waals surface area contributed by atoms with E-state index in [4.69, 9.17) is 16.3 Å². The lowest BCUT2D eigenvalue weighted by atomic mass is 10.3. The molecular formula is C11H12ClNO2S. The van der Waals surface area contributed by atoms with Crippen LogP contribution in [0.3, 0.4) is 0 Å². The van der Waals surface area contributed by atoms with E-state index in [2.05, 4.69) is 5.32 Å². The predicted molar refractivity (Wildman–Crippen MR) is 66.6 cm³/mol. The lowest BCUT2D eigenvalue weighted by molar-refractivity contribution is -0.113. The van der Waals surface area contributed by atoms with Gasteiger partial charge in [-0.05, 0) is 18.6 Å². The molecule has 86 valence electrons. The van der Waals surface area contributed by atoms with Gasteiger partial charge in [0.05, 0.1) is 22.9 Å². The molecule has 2 rings (SSSR count). The highest BCUT2D eigenvalue weighted by molar-refractivity contribution is 8.00. The Kier molecular flexibility index (Phi) is 3.96. The molecule has 16 heavy (non-hydrogen) atoms. The second-order valence-corrected chi connectivity index (χ2v) is 4.72. The van der Waals surface area contributed by atoms with E-state index in [0.717, 1.165) is 22.8 Å². The second kappa shape index (κ2) is 5.46.